The summed E-state index contributed by atoms with van der Waals surface area (Å²) >= 11 is 9.11. The Balaban J connectivity index is 2.20. The molecule has 10 heteroatoms. The molecule has 8 nitrogen and oxygen atoms in total. The van der Waals surface area contributed by atoms with E-state index in [-0.39, 0.29) is 5.49 Å². The van der Waals surface area contributed by atoms with Gasteiger partial charge in [-0.25, -0.2) is 4.99 Å². The van der Waals surface area contributed by atoms with Crippen molar-refractivity contribution in [2.24, 2.45) is 4.99 Å². The third-order valence-corrected chi connectivity index (χ3v) is 3.83. The molecule has 24 heavy (non-hydrogen) atoms. The predicted molar refractivity (Wildman–Crippen MR) is 89.8 cm³/mol. The van der Waals surface area contributed by atoms with Gasteiger partial charge in [-0.15, -0.1) is 0 Å². The highest BCUT2D eigenvalue weighted by Crippen LogP contribution is 2.17. The zero-order chi connectivity index (χ0) is 17.3. The van der Waals surface area contributed by atoms with Gasteiger partial charge in [-0.1, -0.05) is 32.4 Å². The maximum Gasteiger partial charge on any atom is 0.438 e. The van der Waals surface area contributed by atoms with E-state index in [9.17, 15) is 15.3 Å². The molecular formula is C14H9BrClN5O3. The number of hydrogen-bond donors (Lipinski definition) is 1. The van der Waals surface area contributed by atoms with Crippen LogP contribution < -0.4 is 5.49 Å². The minimum absolute atomic E-state index is 0.294. The standard InChI is InChI=1S/C14H9BrClN5O3/c15-9-1-5-11(6-2-9)17-13-14(21(23)24)18-19(20(13)22)12-7-3-10(16)4-8-12/h1-8,22H. The van der Waals surface area contributed by atoms with Gasteiger partial charge in [-0.3, -0.25) is 0 Å². The molecule has 122 valence electrons. The highest BCUT2D eigenvalue weighted by atomic mass is 79.9. The van der Waals surface area contributed by atoms with Crippen LogP contribution in [0, 0.1) is 10.1 Å². The van der Waals surface area contributed by atoms with Gasteiger partial charge >= 0.3 is 5.82 Å². The zero-order valence-corrected chi connectivity index (χ0v) is 14.2. The number of nitro groups is 1. The van der Waals surface area contributed by atoms with Crippen molar-refractivity contribution in [3.05, 3.63) is 73.6 Å². The summed E-state index contributed by atoms with van der Waals surface area (Å²) in [6, 6.07) is 13.0. The molecule has 1 aromatic heterocycles. The first-order valence-corrected chi connectivity index (χ1v) is 7.75. The highest BCUT2D eigenvalue weighted by Gasteiger charge is 2.24. The maximum atomic E-state index is 11.2. The molecule has 0 saturated carbocycles. The first-order chi connectivity index (χ1) is 11.5. The minimum atomic E-state index is -0.711. The van der Waals surface area contributed by atoms with Crippen molar-refractivity contribution >= 4 is 39.0 Å². The SMILES string of the molecule is O=[N+]([O-])c1nn(-c2ccc(Cl)cc2)n(O)c1=Nc1ccc(Br)cc1. The molecule has 0 saturated heterocycles. The Kier molecular flexibility index (Phi) is 4.36. The smallest absolute Gasteiger partial charge is 0.409 e. The number of benzene rings is 2. The Hall–Kier alpha value is -2.65. The first kappa shape index (κ1) is 16.2. The van der Waals surface area contributed by atoms with E-state index in [1.165, 1.54) is 0 Å². The van der Waals surface area contributed by atoms with E-state index in [0.29, 0.717) is 21.2 Å². The normalized spacial score (nSPS) is 11.7. The number of aromatic nitrogens is 3. The van der Waals surface area contributed by atoms with Crippen LogP contribution >= 0.6 is 27.5 Å². The van der Waals surface area contributed by atoms with Crippen LogP contribution in [0.15, 0.2) is 58.0 Å². The maximum absolute atomic E-state index is 11.2. The molecule has 0 aliphatic rings. The van der Waals surface area contributed by atoms with Gasteiger partial charge < -0.3 is 15.3 Å². The average molecular weight is 411 g/mol. The van der Waals surface area contributed by atoms with Crippen molar-refractivity contribution in [1.29, 1.82) is 0 Å². The lowest BCUT2D eigenvalue weighted by Crippen LogP contribution is -2.21. The van der Waals surface area contributed by atoms with Crippen LogP contribution in [0.25, 0.3) is 5.69 Å². The van der Waals surface area contributed by atoms with Gasteiger partial charge in [0.1, 0.15) is 5.69 Å². The van der Waals surface area contributed by atoms with Gasteiger partial charge in [0.05, 0.1) is 10.8 Å². The molecule has 0 radical (unpaired) electrons. The minimum Gasteiger partial charge on any atom is -0.409 e. The van der Waals surface area contributed by atoms with Gasteiger partial charge in [0.25, 0.3) is 5.49 Å². The second-order valence-corrected chi connectivity index (χ2v) is 6.00. The van der Waals surface area contributed by atoms with Crippen molar-refractivity contribution < 1.29 is 10.1 Å². The lowest BCUT2D eigenvalue weighted by atomic mass is 10.3. The molecular weight excluding hydrogens is 402 g/mol. The average Bonchev–Trinajstić information content (AvgIpc) is 2.88. The number of halogens is 2. The molecule has 0 amide bonds. The summed E-state index contributed by atoms with van der Waals surface area (Å²) in [6.07, 6.45) is 0. The third kappa shape index (κ3) is 3.17. The molecule has 1 N–H and O–H groups in total. The fourth-order valence-electron chi connectivity index (χ4n) is 1.95. The quantitative estimate of drug-likeness (QED) is 0.406. The van der Waals surface area contributed by atoms with Crippen LogP contribution in [-0.2, 0) is 0 Å². The molecule has 0 aliphatic heterocycles. The monoisotopic (exact) mass is 409 g/mol. The number of nitrogens with zero attached hydrogens (tertiary/aromatic N) is 5. The topological polar surface area (TPSA) is 98.5 Å². The molecule has 0 unspecified atom stereocenters. The van der Waals surface area contributed by atoms with E-state index < -0.39 is 10.7 Å². The lowest BCUT2D eigenvalue weighted by Gasteiger charge is -1.99. The van der Waals surface area contributed by atoms with Crippen molar-refractivity contribution in [3.63, 3.8) is 0 Å². The fourth-order valence-corrected chi connectivity index (χ4v) is 2.34. The number of rotatable bonds is 3. The molecule has 0 bridgehead atoms. The molecule has 0 fully saturated rings. The van der Waals surface area contributed by atoms with Crippen LogP contribution in [-0.4, -0.2) is 24.9 Å². The van der Waals surface area contributed by atoms with Crippen molar-refractivity contribution in [2.75, 3.05) is 0 Å². The Morgan fingerprint density at radius 2 is 1.79 bits per heavy atom. The summed E-state index contributed by atoms with van der Waals surface area (Å²) in [5.74, 6) is -0.574. The second-order valence-electron chi connectivity index (χ2n) is 4.65. The molecule has 0 spiro atoms. The summed E-state index contributed by atoms with van der Waals surface area (Å²) in [4.78, 5) is 16.1. The van der Waals surface area contributed by atoms with Crippen LogP contribution in [0.3, 0.4) is 0 Å². The van der Waals surface area contributed by atoms with Crippen LogP contribution in [0.2, 0.25) is 5.02 Å². The Labute approximate surface area is 148 Å². The molecule has 3 rings (SSSR count). The summed E-state index contributed by atoms with van der Waals surface area (Å²) < 4.78 is 0.838. The van der Waals surface area contributed by atoms with Crippen LogP contribution in [0.1, 0.15) is 0 Å². The summed E-state index contributed by atoms with van der Waals surface area (Å²) in [7, 11) is 0. The van der Waals surface area contributed by atoms with E-state index in [2.05, 4.69) is 26.0 Å². The largest absolute Gasteiger partial charge is 0.438 e. The fraction of sp³-hybridized carbons (Fsp3) is 0. The van der Waals surface area contributed by atoms with E-state index in [1.807, 2.05) is 0 Å². The molecule has 1 heterocycles. The lowest BCUT2D eigenvalue weighted by molar-refractivity contribution is -0.391. The summed E-state index contributed by atoms with van der Waals surface area (Å²) in [5.41, 5.74) is 0.527. The van der Waals surface area contributed by atoms with Gasteiger partial charge in [0.15, 0.2) is 0 Å². The van der Waals surface area contributed by atoms with Crippen LogP contribution in [0.4, 0.5) is 11.5 Å². The van der Waals surface area contributed by atoms with Gasteiger partial charge in [0.2, 0.25) is 0 Å². The third-order valence-electron chi connectivity index (χ3n) is 3.05. The zero-order valence-electron chi connectivity index (χ0n) is 11.9. The van der Waals surface area contributed by atoms with E-state index >= 15 is 0 Å². The number of hydrogen-bond acceptors (Lipinski definition) is 5. The molecule has 0 atom stereocenters. The van der Waals surface area contributed by atoms with Crippen LogP contribution in [0.5, 0.6) is 0 Å². The highest BCUT2D eigenvalue weighted by molar-refractivity contribution is 9.10. The van der Waals surface area contributed by atoms with E-state index in [4.69, 9.17) is 11.6 Å². The van der Waals surface area contributed by atoms with E-state index in [0.717, 1.165) is 9.27 Å². The summed E-state index contributed by atoms with van der Waals surface area (Å²) in [5, 5.41) is 25.8. The van der Waals surface area contributed by atoms with Gasteiger partial charge in [0, 0.05) is 9.50 Å². The van der Waals surface area contributed by atoms with Gasteiger partial charge in [-0.05, 0) is 58.3 Å². The Bertz CT molecular complexity index is 964. The first-order valence-electron chi connectivity index (χ1n) is 6.58. The van der Waals surface area contributed by atoms with Crippen molar-refractivity contribution in [1.82, 2.24) is 14.7 Å². The van der Waals surface area contributed by atoms with E-state index in [1.54, 1.807) is 48.5 Å². The molecule has 3 aromatic rings. The molecule has 0 aliphatic carbocycles. The second kappa shape index (κ2) is 6.46. The summed E-state index contributed by atoms with van der Waals surface area (Å²) in [6.45, 7) is 0. The molecule has 2 aromatic carbocycles. The Morgan fingerprint density at radius 3 is 2.38 bits per heavy atom. The van der Waals surface area contributed by atoms with Crippen molar-refractivity contribution in [3.8, 4) is 5.69 Å². The van der Waals surface area contributed by atoms with Crippen molar-refractivity contribution in [2.45, 2.75) is 0 Å². The Morgan fingerprint density at radius 1 is 1.17 bits per heavy atom. The van der Waals surface area contributed by atoms with Gasteiger partial charge in [-0.2, -0.15) is 0 Å². The predicted octanol–water partition coefficient (Wildman–Crippen LogP) is 3.47.